The molecule has 0 unspecified atom stereocenters. The van der Waals surface area contributed by atoms with Crippen molar-refractivity contribution in [1.29, 1.82) is 0 Å². The Kier molecular flexibility index (Phi) is 7.60. The molecule has 0 aliphatic rings. The molecule has 0 saturated carbocycles. The number of methoxy groups -OCH3 is 2. The zero-order valence-electron chi connectivity index (χ0n) is 16.2. The molecule has 2 rings (SSSR count). The number of ether oxygens (including phenoxy) is 3. The topological polar surface area (TPSA) is 57.0 Å². The Labute approximate surface area is 156 Å². The second-order valence-electron chi connectivity index (χ2n) is 6.34. The molecule has 0 amide bonds. The van der Waals surface area contributed by atoms with E-state index in [-0.39, 0.29) is 0 Å². The highest BCUT2D eigenvalue weighted by atomic mass is 16.5. The summed E-state index contributed by atoms with van der Waals surface area (Å²) in [7, 11) is 5.41. The molecule has 0 aromatic heterocycles. The van der Waals surface area contributed by atoms with Crippen LogP contribution in [0.4, 0.5) is 5.69 Å². The summed E-state index contributed by atoms with van der Waals surface area (Å²) in [6, 6.07) is 11.9. The number of hydrogen-bond donors (Lipinski definition) is 1. The summed E-state index contributed by atoms with van der Waals surface area (Å²) in [5, 5.41) is 0. The van der Waals surface area contributed by atoms with Crippen molar-refractivity contribution in [2.24, 2.45) is 0 Å². The van der Waals surface area contributed by atoms with E-state index in [9.17, 15) is 0 Å². The van der Waals surface area contributed by atoms with Crippen LogP contribution in [0.1, 0.15) is 24.5 Å². The summed E-state index contributed by atoms with van der Waals surface area (Å²) in [6.45, 7) is 4.58. The van der Waals surface area contributed by atoms with Gasteiger partial charge in [-0.1, -0.05) is 13.0 Å². The van der Waals surface area contributed by atoms with Crippen molar-refractivity contribution in [2.45, 2.75) is 26.3 Å². The molecular weight excluding hydrogens is 328 g/mol. The fraction of sp³-hybridized carbons (Fsp3) is 0.429. The van der Waals surface area contributed by atoms with E-state index in [2.05, 4.69) is 24.9 Å². The van der Waals surface area contributed by atoms with Gasteiger partial charge in [0.2, 0.25) is 0 Å². The number of rotatable bonds is 10. The largest absolute Gasteiger partial charge is 0.494 e. The molecule has 142 valence electrons. The van der Waals surface area contributed by atoms with Crippen LogP contribution >= 0.6 is 0 Å². The smallest absolute Gasteiger partial charge is 0.161 e. The summed E-state index contributed by atoms with van der Waals surface area (Å²) in [6.07, 6.45) is 1.87. The van der Waals surface area contributed by atoms with Gasteiger partial charge in [0.25, 0.3) is 0 Å². The highest BCUT2D eigenvalue weighted by molar-refractivity contribution is 5.50. The van der Waals surface area contributed by atoms with Crippen LogP contribution in [0.2, 0.25) is 0 Å². The molecule has 2 N–H and O–H groups in total. The van der Waals surface area contributed by atoms with Crippen molar-refractivity contribution in [2.75, 3.05) is 40.2 Å². The summed E-state index contributed by atoms with van der Waals surface area (Å²) in [5.41, 5.74) is 9.08. The zero-order chi connectivity index (χ0) is 18.9. The molecular formula is C21H30N2O3. The first kappa shape index (κ1) is 19.9. The minimum atomic E-state index is 0.684. The monoisotopic (exact) mass is 358 g/mol. The normalized spacial score (nSPS) is 10.8. The molecule has 0 fully saturated rings. The highest BCUT2D eigenvalue weighted by Gasteiger charge is 2.07. The van der Waals surface area contributed by atoms with E-state index in [4.69, 9.17) is 19.9 Å². The van der Waals surface area contributed by atoms with Crippen molar-refractivity contribution in [1.82, 2.24) is 4.90 Å². The van der Waals surface area contributed by atoms with Crippen molar-refractivity contribution in [3.63, 3.8) is 0 Å². The lowest BCUT2D eigenvalue weighted by Gasteiger charge is -2.18. The van der Waals surface area contributed by atoms with Crippen LogP contribution in [0.5, 0.6) is 17.2 Å². The molecule has 2 aromatic carbocycles. The Bertz CT molecular complexity index is 704. The highest BCUT2D eigenvalue weighted by Crippen LogP contribution is 2.28. The van der Waals surface area contributed by atoms with Gasteiger partial charge < -0.3 is 24.8 Å². The van der Waals surface area contributed by atoms with E-state index < -0.39 is 0 Å². The van der Waals surface area contributed by atoms with Crippen LogP contribution < -0.4 is 19.9 Å². The quantitative estimate of drug-likeness (QED) is 0.518. The van der Waals surface area contributed by atoms with E-state index in [0.29, 0.717) is 6.61 Å². The molecule has 0 heterocycles. The van der Waals surface area contributed by atoms with Crippen LogP contribution in [-0.4, -0.2) is 39.3 Å². The van der Waals surface area contributed by atoms with Crippen molar-refractivity contribution in [3.8, 4) is 17.2 Å². The van der Waals surface area contributed by atoms with Gasteiger partial charge in [-0.2, -0.15) is 0 Å². The van der Waals surface area contributed by atoms with E-state index in [0.717, 1.165) is 54.4 Å². The van der Waals surface area contributed by atoms with Crippen LogP contribution in [0.15, 0.2) is 36.4 Å². The van der Waals surface area contributed by atoms with Crippen molar-refractivity contribution >= 4 is 5.69 Å². The summed E-state index contributed by atoms with van der Waals surface area (Å²) in [5.74, 6) is 2.40. The Hall–Kier alpha value is -2.40. The second kappa shape index (κ2) is 9.92. The Morgan fingerprint density at radius 2 is 1.77 bits per heavy atom. The van der Waals surface area contributed by atoms with Crippen LogP contribution in [0.3, 0.4) is 0 Å². The molecule has 0 spiro atoms. The van der Waals surface area contributed by atoms with Gasteiger partial charge in [0.05, 0.1) is 20.8 Å². The number of aryl methyl sites for hydroxylation is 1. The predicted molar refractivity (Wildman–Crippen MR) is 106 cm³/mol. The molecule has 0 aliphatic heterocycles. The first-order valence-corrected chi connectivity index (χ1v) is 8.98. The number of nitrogen functional groups attached to an aromatic ring is 1. The lowest BCUT2D eigenvalue weighted by Crippen LogP contribution is -2.20. The standard InChI is InChI=1S/C21H30N2O3/c1-5-17-14-18(8-9-19(17)22)26-12-6-11-23(2)15-16-7-10-20(24-3)21(13-16)25-4/h7-10,13-14H,5-6,11-12,15,22H2,1-4H3. The first-order chi connectivity index (χ1) is 12.6. The molecule has 0 bridgehead atoms. The number of anilines is 1. The Morgan fingerprint density at radius 3 is 2.46 bits per heavy atom. The average molecular weight is 358 g/mol. The van der Waals surface area contributed by atoms with Crippen molar-refractivity contribution < 1.29 is 14.2 Å². The lowest BCUT2D eigenvalue weighted by atomic mass is 10.1. The summed E-state index contributed by atoms with van der Waals surface area (Å²) >= 11 is 0. The van der Waals surface area contributed by atoms with E-state index in [1.54, 1.807) is 14.2 Å². The number of hydrogen-bond acceptors (Lipinski definition) is 5. The Morgan fingerprint density at radius 1 is 1.00 bits per heavy atom. The lowest BCUT2D eigenvalue weighted by molar-refractivity contribution is 0.258. The minimum absolute atomic E-state index is 0.684. The van der Waals surface area contributed by atoms with Gasteiger partial charge in [-0.25, -0.2) is 0 Å². The first-order valence-electron chi connectivity index (χ1n) is 8.98. The van der Waals surface area contributed by atoms with E-state index in [1.165, 1.54) is 5.56 Å². The molecule has 5 nitrogen and oxygen atoms in total. The fourth-order valence-electron chi connectivity index (χ4n) is 2.87. The van der Waals surface area contributed by atoms with Gasteiger partial charge in [-0.05, 0) is 61.3 Å². The predicted octanol–water partition coefficient (Wildman–Crippen LogP) is 3.75. The third-order valence-electron chi connectivity index (χ3n) is 4.35. The molecule has 0 radical (unpaired) electrons. The molecule has 5 heteroatoms. The SMILES string of the molecule is CCc1cc(OCCCN(C)Cc2ccc(OC)c(OC)c2)ccc1N. The summed E-state index contributed by atoms with van der Waals surface area (Å²) < 4.78 is 16.5. The molecule has 0 saturated heterocycles. The maximum absolute atomic E-state index is 5.93. The van der Waals surface area contributed by atoms with Gasteiger partial charge >= 0.3 is 0 Å². The maximum Gasteiger partial charge on any atom is 0.161 e. The van der Waals surface area contributed by atoms with Gasteiger partial charge in [0.15, 0.2) is 11.5 Å². The zero-order valence-corrected chi connectivity index (χ0v) is 16.2. The fourth-order valence-corrected chi connectivity index (χ4v) is 2.87. The number of benzene rings is 2. The minimum Gasteiger partial charge on any atom is -0.494 e. The maximum atomic E-state index is 5.93. The van der Waals surface area contributed by atoms with Gasteiger partial charge in [-0.15, -0.1) is 0 Å². The molecule has 0 atom stereocenters. The van der Waals surface area contributed by atoms with E-state index in [1.807, 2.05) is 30.3 Å². The van der Waals surface area contributed by atoms with Gasteiger partial charge in [-0.3, -0.25) is 0 Å². The van der Waals surface area contributed by atoms with Crippen LogP contribution in [0.25, 0.3) is 0 Å². The van der Waals surface area contributed by atoms with E-state index >= 15 is 0 Å². The molecule has 2 aromatic rings. The molecule has 0 aliphatic carbocycles. The van der Waals surface area contributed by atoms with Crippen molar-refractivity contribution in [3.05, 3.63) is 47.5 Å². The number of nitrogens with zero attached hydrogens (tertiary/aromatic N) is 1. The number of nitrogens with two attached hydrogens (primary N) is 1. The van der Waals surface area contributed by atoms with Crippen LogP contribution in [0, 0.1) is 0 Å². The van der Waals surface area contributed by atoms with Gasteiger partial charge in [0, 0.05) is 18.8 Å². The second-order valence-corrected chi connectivity index (χ2v) is 6.34. The van der Waals surface area contributed by atoms with Gasteiger partial charge in [0.1, 0.15) is 5.75 Å². The Balaban J connectivity index is 1.78. The average Bonchev–Trinajstić information content (AvgIpc) is 2.66. The summed E-state index contributed by atoms with van der Waals surface area (Å²) in [4.78, 5) is 2.27. The van der Waals surface area contributed by atoms with Crippen LogP contribution in [-0.2, 0) is 13.0 Å². The third kappa shape index (κ3) is 5.56. The third-order valence-corrected chi connectivity index (χ3v) is 4.35. The molecule has 26 heavy (non-hydrogen) atoms.